The van der Waals surface area contributed by atoms with Crippen molar-refractivity contribution in [2.24, 2.45) is 0 Å². The van der Waals surface area contributed by atoms with Crippen molar-refractivity contribution in [1.29, 1.82) is 0 Å². The first-order chi connectivity index (χ1) is 6.75. The molecule has 3 nitrogen and oxygen atoms in total. The second-order valence-corrected chi connectivity index (χ2v) is 6.25. The van der Waals surface area contributed by atoms with E-state index < -0.39 is 21.6 Å². The van der Waals surface area contributed by atoms with Crippen molar-refractivity contribution in [3.05, 3.63) is 27.3 Å². The van der Waals surface area contributed by atoms with E-state index in [0.29, 0.717) is 0 Å². The third kappa shape index (κ3) is 2.21. The van der Waals surface area contributed by atoms with Crippen LogP contribution in [0.3, 0.4) is 0 Å². The minimum absolute atomic E-state index is 0.225. The van der Waals surface area contributed by atoms with Crippen LogP contribution in [0, 0.1) is 3.01 Å². The third-order valence-electron chi connectivity index (χ3n) is 1.48. The number of carbonyl (C=O) groups excluding carboxylic acids is 1. The fourth-order valence-electron chi connectivity index (χ4n) is 0.964. The van der Waals surface area contributed by atoms with Crippen LogP contribution in [0.2, 0.25) is 0 Å². The van der Waals surface area contributed by atoms with E-state index in [1.54, 1.807) is 11.3 Å². The number of hydrogen-bond donors (Lipinski definition) is 0. The summed E-state index contributed by atoms with van der Waals surface area (Å²) in [6.07, 6.45) is 0. The number of carbonyl (C=O) groups is 1. The van der Waals surface area contributed by atoms with Gasteiger partial charge in [-0.05, 0) is 0 Å². The zero-order chi connectivity index (χ0) is 9.97. The molecule has 0 aliphatic rings. The minimum atomic E-state index is -0.704. The van der Waals surface area contributed by atoms with E-state index >= 15 is 0 Å². The van der Waals surface area contributed by atoms with Crippen LogP contribution in [-0.2, 0) is 7.86 Å². The molecule has 0 radical (unpaired) electrons. The molecule has 2 aromatic rings. The van der Waals surface area contributed by atoms with Crippen LogP contribution in [0.25, 0.3) is 10.2 Å². The maximum absolute atomic E-state index is 10.6. The van der Waals surface area contributed by atoms with Gasteiger partial charge in [0.05, 0.1) is 0 Å². The van der Waals surface area contributed by atoms with Crippen LogP contribution >= 0.6 is 11.3 Å². The van der Waals surface area contributed by atoms with E-state index in [4.69, 9.17) is 3.07 Å². The number of para-hydroxylation sites is 1. The van der Waals surface area contributed by atoms with Crippen molar-refractivity contribution in [3.63, 3.8) is 0 Å². The Balaban J connectivity index is 2.22. The summed E-state index contributed by atoms with van der Waals surface area (Å²) in [5.41, 5.74) is 0.986. The Hall–Kier alpha value is -0.690. The number of hydrogen-bond acceptors (Lipinski definition) is 4. The molecule has 1 aromatic carbocycles. The molecular weight excluding hydrogens is 313 g/mol. The van der Waals surface area contributed by atoms with Gasteiger partial charge in [0.15, 0.2) is 0 Å². The Morgan fingerprint density at radius 2 is 2.29 bits per heavy atom. The van der Waals surface area contributed by atoms with Gasteiger partial charge in [-0.15, -0.1) is 0 Å². The molecule has 0 saturated heterocycles. The Morgan fingerprint density at radius 1 is 1.50 bits per heavy atom. The molecule has 14 heavy (non-hydrogen) atoms. The van der Waals surface area contributed by atoms with Gasteiger partial charge in [-0.2, -0.15) is 0 Å². The Bertz CT molecular complexity index is 436. The molecule has 0 amide bonds. The molecule has 1 aromatic heterocycles. The first kappa shape index (κ1) is 9.85. The van der Waals surface area contributed by atoms with Gasteiger partial charge in [0.1, 0.15) is 0 Å². The van der Waals surface area contributed by atoms with Crippen molar-refractivity contribution < 1.29 is 29.5 Å². The Kier molecular flexibility index (Phi) is 2.97. The molecule has 0 saturated carbocycles. The molecule has 2 rings (SSSR count). The number of thiazole rings is 1. The van der Waals surface area contributed by atoms with Crippen LogP contribution in [0.1, 0.15) is 6.92 Å². The summed E-state index contributed by atoms with van der Waals surface area (Å²) in [7, 11) is 0. The van der Waals surface area contributed by atoms with Gasteiger partial charge in [0, 0.05) is 0 Å². The SMILES string of the molecule is CC(=O)O[I-]c1nc2ccccc2s1. The normalized spacial score (nSPS) is 10.6. The molecule has 0 aliphatic heterocycles. The van der Waals surface area contributed by atoms with Gasteiger partial charge < -0.3 is 0 Å². The Morgan fingerprint density at radius 3 is 3.00 bits per heavy atom. The molecule has 0 bridgehead atoms. The van der Waals surface area contributed by atoms with Crippen molar-refractivity contribution in [2.75, 3.05) is 0 Å². The Labute approximate surface area is 95.9 Å². The predicted octanol–water partition coefficient (Wildman–Crippen LogP) is -0.967. The van der Waals surface area contributed by atoms with E-state index in [0.717, 1.165) is 13.2 Å². The van der Waals surface area contributed by atoms with Crippen molar-refractivity contribution in [2.45, 2.75) is 6.92 Å². The quantitative estimate of drug-likeness (QED) is 0.669. The number of fused-ring (bicyclic) bond motifs is 1. The molecule has 0 fully saturated rings. The molecule has 0 spiro atoms. The van der Waals surface area contributed by atoms with Gasteiger partial charge in [0.25, 0.3) is 0 Å². The topological polar surface area (TPSA) is 39.2 Å². The molecule has 0 unspecified atom stereocenters. The molecule has 0 aliphatic carbocycles. The van der Waals surface area contributed by atoms with E-state index in [1.165, 1.54) is 6.92 Å². The van der Waals surface area contributed by atoms with E-state index in [9.17, 15) is 4.79 Å². The second kappa shape index (κ2) is 4.22. The predicted molar refractivity (Wildman–Crippen MR) is 50.1 cm³/mol. The standard InChI is InChI=1S/C9H7INO2S/c1-6(12)13-10-9-11-7-4-2-3-5-8(7)14-9/h2-5H,1H3/q-1. The zero-order valence-electron chi connectivity index (χ0n) is 7.36. The first-order valence-electron chi connectivity index (χ1n) is 3.93. The molecular formula is C9H7INO2S-. The average Bonchev–Trinajstić information content (AvgIpc) is 2.57. The summed E-state index contributed by atoms with van der Waals surface area (Å²) >= 11 is 0.896. The van der Waals surface area contributed by atoms with Crippen LogP contribution in [0.5, 0.6) is 0 Å². The van der Waals surface area contributed by atoms with Crippen molar-refractivity contribution in [1.82, 2.24) is 4.98 Å². The summed E-state index contributed by atoms with van der Waals surface area (Å²) in [4.78, 5) is 15.0. The van der Waals surface area contributed by atoms with Crippen molar-refractivity contribution >= 4 is 27.5 Å². The summed E-state index contributed by atoms with van der Waals surface area (Å²) in [6.45, 7) is 1.42. The van der Waals surface area contributed by atoms with Gasteiger partial charge >= 0.3 is 96.2 Å². The molecule has 1 heterocycles. The van der Waals surface area contributed by atoms with Gasteiger partial charge in [-0.3, -0.25) is 0 Å². The number of aromatic nitrogens is 1. The van der Waals surface area contributed by atoms with Gasteiger partial charge in [-0.25, -0.2) is 0 Å². The molecule has 0 N–H and O–H groups in total. The number of nitrogens with zero attached hydrogens (tertiary/aromatic N) is 1. The summed E-state index contributed by atoms with van der Waals surface area (Å²) in [5, 5.41) is 0. The number of halogens is 1. The van der Waals surface area contributed by atoms with Crippen LogP contribution in [-0.4, -0.2) is 11.0 Å². The van der Waals surface area contributed by atoms with Gasteiger partial charge in [0.2, 0.25) is 0 Å². The monoisotopic (exact) mass is 320 g/mol. The summed E-state index contributed by atoms with van der Waals surface area (Å²) in [6, 6.07) is 7.92. The average molecular weight is 320 g/mol. The number of rotatable bonds is 2. The molecule has 74 valence electrons. The molecule has 5 heteroatoms. The van der Waals surface area contributed by atoms with E-state index in [-0.39, 0.29) is 5.97 Å². The fraction of sp³-hybridized carbons (Fsp3) is 0.111. The molecule has 0 atom stereocenters. The van der Waals surface area contributed by atoms with E-state index in [2.05, 4.69) is 4.98 Å². The number of benzene rings is 1. The summed E-state index contributed by atoms with van der Waals surface area (Å²) < 4.78 is 7.07. The van der Waals surface area contributed by atoms with Crippen LogP contribution < -0.4 is 21.6 Å². The van der Waals surface area contributed by atoms with Crippen molar-refractivity contribution in [3.8, 4) is 0 Å². The third-order valence-corrected chi connectivity index (χ3v) is 4.85. The van der Waals surface area contributed by atoms with E-state index in [1.807, 2.05) is 24.3 Å². The van der Waals surface area contributed by atoms with Crippen LogP contribution in [0.4, 0.5) is 0 Å². The second-order valence-electron chi connectivity index (χ2n) is 2.58. The van der Waals surface area contributed by atoms with Crippen LogP contribution in [0.15, 0.2) is 24.3 Å². The fourth-order valence-corrected chi connectivity index (χ4v) is 3.74. The zero-order valence-corrected chi connectivity index (χ0v) is 10.3. The maximum atomic E-state index is 10.6. The van der Waals surface area contributed by atoms with Gasteiger partial charge in [-0.1, -0.05) is 0 Å². The first-order valence-corrected chi connectivity index (χ1v) is 6.71. The summed E-state index contributed by atoms with van der Waals surface area (Å²) in [5.74, 6) is -0.225.